The van der Waals surface area contributed by atoms with Crippen LogP contribution in [0.25, 0.3) is 6.08 Å². The second-order valence-corrected chi connectivity index (χ2v) is 5.44. The molecule has 2 aromatic rings. The van der Waals surface area contributed by atoms with Crippen molar-refractivity contribution in [2.24, 2.45) is 0 Å². The van der Waals surface area contributed by atoms with E-state index in [1.165, 1.54) is 6.92 Å². The van der Waals surface area contributed by atoms with Crippen molar-refractivity contribution in [3.8, 4) is 0 Å². The molecule has 8 heteroatoms. The lowest BCUT2D eigenvalue weighted by atomic mass is 10.2. The van der Waals surface area contributed by atoms with Gasteiger partial charge in [0.05, 0.1) is 17.4 Å². The van der Waals surface area contributed by atoms with Crippen molar-refractivity contribution in [1.82, 2.24) is 15.0 Å². The van der Waals surface area contributed by atoms with E-state index in [0.717, 1.165) is 0 Å². The number of hydrogen-bond acceptors (Lipinski definition) is 7. The summed E-state index contributed by atoms with van der Waals surface area (Å²) in [7, 11) is 0. The van der Waals surface area contributed by atoms with Crippen LogP contribution in [0.3, 0.4) is 0 Å². The van der Waals surface area contributed by atoms with Crippen LogP contribution in [0.1, 0.15) is 26.3 Å². The zero-order chi connectivity index (χ0) is 17.7. The number of pyridine rings is 1. The minimum Gasteiger partial charge on any atom is -0.383 e. The van der Waals surface area contributed by atoms with Gasteiger partial charge in [-0.2, -0.15) is 9.97 Å². The molecule has 0 aliphatic rings. The number of aromatic nitrogens is 3. The Bertz CT molecular complexity index is 741. The molecule has 126 valence electrons. The van der Waals surface area contributed by atoms with Crippen LogP contribution in [-0.4, -0.2) is 26.9 Å². The zero-order valence-electron chi connectivity index (χ0n) is 13.9. The van der Waals surface area contributed by atoms with Gasteiger partial charge in [-0.25, -0.2) is 4.98 Å². The van der Waals surface area contributed by atoms with Gasteiger partial charge in [0.2, 0.25) is 11.9 Å². The molecule has 0 saturated heterocycles. The molecular formula is C16H21N7O. The van der Waals surface area contributed by atoms with Crippen molar-refractivity contribution >= 4 is 41.1 Å². The van der Waals surface area contributed by atoms with Crippen molar-refractivity contribution in [3.05, 3.63) is 30.5 Å². The zero-order valence-corrected chi connectivity index (χ0v) is 13.9. The molecule has 24 heavy (non-hydrogen) atoms. The smallest absolute Gasteiger partial charge is 0.231 e. The third-order valence-electron chi connectivity index (χ3n) is 2.93. The summed E-state index contributed by atoms with van der Waals surface area (Å²) in [6, 6.07) is 3.62. The number of amides is 1. The summed E-state index contributed by atoms with van der Waals surface area (Å²) in [6.07, 6.45) is 3.19. The maximum atomic E-state index is 11.0. The van der Waals surface area contributed by atoms with Gasteiger partial charge in [0.15, 0.2) is 0 Å². The number of carbonyl (C=O) groups is 1. The Balaban J connectivity index is 2.24. The number of nitrogens with one attached hydrogen (secondary N) is 3. The number of nitrogens with two attached hydrogens (primary N) is 1. The lowest BCUT2D eigenvalue weighted by molar-refractivity contribution is -0.114. The molecule has 0 bridgehead atoms. The lowest BCUT2D eigenvalue weighted by Gasteiger charge is -2.15. The van der Waals surface area contributed by atoms with E-state index in [1.54, 1.807) is 24.4 Å². The van der Waals surface area contributed by atoms with Gasteiger partial charge >= 0.3 is 0 Å². The Labute approximate surface area is 140 Å². The number of anilines is 5. The molecule has 2 rings (SSSR count). The molecule has 8 nitrogen and oxygen atoms in total. The van der Waals surface area contributed by atoms with Crippen molar-refractivity contribution in [3.63, 3.8) is 0 Å². The molecule has 0 unspecified atom stereocenters. The Morgan fingerprint density at radius 1 is 1.33 bits per heavy atom. The van der Waals surface area contributed by atoms with Crippen molar-refractivity contribution in [2.75, 3.05) is 21.7 Å². The molecule has 5 N–H and O–H groups in total. The number of nitrogen functional groups attached to an aromatic ring is 1. The van der Waals surface area contributed by atoms with Crippen LogP contribution < -0.4 is 21.7 Å². The molecular weight excluding hydrogens is 306 g/mol. The van der Waals surface area contributed by atoms with Gasteiger partial charge in [-0.15, -0.1) is 0 Å². The second-order valence-electron chi connectivity index (χ2n) is 5.44. The van der Waals surface area contributed by atoms with Gasteiger partial charge in [0, 0.05) is 13.0 Å². The van der Waals surface area contributed by atoms with Crippen LogP contribution in [0.15, 0.2) is 24.9 Å². The fourth-order valence-electron chi connectivity index (χ4n) is 1.98. The van der Waals surface area contributed by atoms with E-state index in [9.17, 15) is 4.79 Å². The van der Waals surface area contributed by atoms with Gasteiger partial charge in [-0.05, 0) is 26.0 Å². The minimum atomic E-state index is -0.177. The van der Waals surface area contributed by atoms with E-state index < -0.39 is 0 Å². The summed E-state index contributed by atoms with van der Waals surface area (Å²) >= 11 is 0. The Hall–Kier alpha value is -3.16. The average Bonchev–Trinajstić information content (AvgIpc) is 2.48. The van der Waals surface area contributed by atoms with E-state index in [-0.39, 0.29) is 11.9 Å². The monoisotopic (exact) mass is 327 g/mol. The predicted molar refractivity (Wildman–Crippen MR) is 97.1 cm³/mol. The summed E-state index contributed by atoms with van der Waals surface area (Å²) in [5.74, 6) is 1.57. The predicted octanol–water partition coefficient (Wildman–Crippen LogP) is 2.62. The summed E-state index contributed by atoms with van der Waals surface area (Å²) in [6.45, 7) is 9.17. The van der Waals surface area contributed by atoms with Crippen LogP contribution in [0, 0.1) is 0 Å². The molecule has 2 heterocycles. The van der Waals surface area contributed by atoms with Crippen LogP contribution in [0.5, 0.6) is 0 Å². The van der Waals surface area contributed by atoms with E-state index in [0.29, 0.717) is 34.7 Å². The SMILES string of the molecule is C=Cc1c(N)nc(Nc2ccc(NC(C)=O)nc2)nc1NC(C)C. The fraction of sp³-hybridized carbons (Fsp3) is 0.250. The first kappa shape index (κ1) is 17.2. The molecule has 0 aromatic carbocycles. The summed E-state index contributed by atoms with van der Waals surface area (Å²) in [4.78, 5) is 23.8. The number of rotatable bonds is 6. The number of carbonyl (C=O) groups excluding carboxylic acids is 1. The molecule has 2 aromatic heterocycles. The molecule has 0 fully saturated rings. The first-order valence-corrected chi connectivity index (χ1v) is 7.46. The fourth-order valence-corrected chi connectivity index (χ4v) is 1.98. The molecule has 0 atom stereocenters. The second kappa shape index (κ2) is 7.40. The standard InChI is InChI=1S/C16H21N7O/c1-5-12-14(17)22-16(23-15(12)19-9(2)3)21-11-6-7-13(18-8-11)20-10(4)24/h5-9H,1H2,2-4H3,(H,18,20,24)(H4,17,19,21,22,23). The van der Waals surface area contributed by atoms with Crippen molar-refractivity contribution in [2.45, 2.75) is 26.8 Å². The van der Waals surface area contributed by atoms with Gasteiger partial charge in [-0.1, -0.05) is 12.7 Å². The maximum Gasteiger partial charge on any atom is 0.231 e. The highest BCUT2D eigenvalue weighted by Crippen LogP contribution is 2.24. The quantitative estimate of drug-likeness (QED) is 0.644. The molecule has 0 aliphatic heterocycles. The third-order valence-corrected chi connectivity index (χ3v) is 2.93. The average molecular weight is 327 g/mol. The first-order valence-electron chi connectivity index (χ1n) is 7.46. The third kappa shape index (κ3) is 4.42. The first-order chi connectivity index (χ1) is 11.4. The number of hydrogen-bond donors (Lipinski definition) is 4. The lowest BCUT2D eigenvalue weighted by Crippen LogP contribution is -2.15. The maximum absolute atomic E-state index is 11.0. The van der Waals surface area contributed by atoms with Gasteiger partial charge in [0.1, 0.15) is 17.5 Å². The van der Waals surface area contributed by atoms with Crippen LogP contribution in [0.4, 0.5) is 29.1 Å². The Kier molecular flexibility index (Phi) is 5.31. The van der Waals surface area contributed by atoms with E-state index >= 15 is 0 Å². The van der Waals surface area contributed by atoms with Gasteiger partial charge in [-0.3, -0.25) is 4.79 Å². The molecule has 0 saturated carbocycles. The molecule has 0 radical (unpaired) electrons. The van der Waals surface area contributed by atoms with E-state index in [1.807, 2.05) is 13.8 Å². The molecule has 1 amide bonds. The van der Waals surface area contributed by atoms with Crippen LogP contribution in [0.2, 0.25) is 0 Å². The highest BCUT2D eigenvalue weighted by Gasteiger charge is 2.11. The van der Waals surface area contributed by atoms with Crippen molar-refractivity contribution in [1.29, 1.82) is 0 Å². The van der Waals surface area contributed by atoms with E-state index in [4.69, 9.17) is 5.73 Å². The van der Waals surface area contributed by atoms with Gasteiger partial charge in [0.25, 0.3) is 0 Å². The summed E-state index contributed by atoms with van der Waals surface area (Å²) in [5.41, 5.74) is 7.31. The molecule has 0 aliphatic carbocycles. The van der Waals surface area contributed by atoms with Gasteiger partial charge < -0.3 is 21.7 Å². The highest BCUT2D eigenvalue weighted by atomic mass is 16.1. The Morgan fingerprint density at radius 2 is 2.08 bits per heavy atom. The van der Waals surface area contributed by atoms with Crippen LogP contribution >= 0.6 is 0 Å². The van der Waals surface area contributed by atoms with Crippen molar-refractivity contribution < 1.29 is 4.79 Å². The summed E-state index contributed by atoms with van der Waals surface area (Å²) < 4.78 is 0. The topological polar surface area (TPSA) is 118 Å². The molecule has 0 spiro atoms. The largest absolute Gasteiger partial charge is 0.383 e. The highest BCUT2D eigenvalue weighted by molar-refractivity contribution is 5.87. The normalized spacial score (nSPS) is 10.3. The minimum absolute atomic E-state index is 0.177. The number of nitrogens with zero attached hydrogens (tertiary/aromatic N) is 3. The Morgan fingerprint density at radius 3 is 2.62 bits per heavy atom. The van der Waals surface area contributed by atoms with E-state index in [2.05, 4.69) is 37.5 Å². The summed E-state index contributed by atoms with van der Waals surface area (Å²) in [5, 5.41) is 8.86. The van der Waals surface area contributed by atoms with Crippen LogP contribution in [-0.2, 0) is 4.79 Å².